The van der Waals surface area contributed by atoms with Crippen molar-refractivity contribution >= 4 is 0 Å². The molecule has 0 rings (SSSR count). The fourth-order valence-electron chi connectivity index (χ4n) is 0.854. The predicted molar refractivity (Wildman–Crippen MR) is 48.6 cm³/mol. The van der Waals surface area contributed by atoms with E-state index in [-0.39, 0.29) is 6.61 Å². The maximum Gasteiger partial charge on any atom is 0.0434 e. The van der Waals surface area contributed by atoms with E-state index in [1.165, 1.54) is 0 Å². The number of hydrogen-bond acceptors (Lipinski definition) is 2. The Labute approximate surface area is 69.3 Å². The van der Waals surface area contributed by atoms with Crippen molar-refractivity contribution < 1.29 is 5.11 Å². The molecule has 1 atom stereocenters. The first-order valence-electron chi connectivity index (χ1n) is 4.12. The molecule has 0 saturated carbocycles. The smallest absolute Gasteiger partial charge is 0.0434 e. The lowest BCUT2D eigenvalue weighted by atomic mass is 10.1. The van der Waals surface area contributed by atoms with Crippen LogP contribution in [0.1, 0.15) is 20.3 Å². The van der Waals surface area contributed by atoms with Crippen molar-refractivity contribution in [1.29, 1.82) is 0 Å². The van der Waals surface area contributed by atoms with Crippen molar-refractivity contribution in [2.45, 2.75) is 20.3 Å². The molecule has 66 valence electrons. The van der Waals surface area contributed by atoms with Gasteiger partial charge in [0.2, 0.25) is 0 Å². The molecule has 0 aliphatic carbocycles. The van der Waals surface area contributed by atoms with E-state index in [1.807, 2.05) is 6.92 Å². The highest BCUT2D eigenvalue weighted by atomic mass is 16.3. The molecule has 0 bridgehead atoms. The van der Waals surface area contributed by atoms with E-state index >= 15 is 0 Å². The van der Waals surface area contributed by atoms with Gasteiger partial charge in [0.25, 0.3) is 0 Å². The zero-order chi connectivity index (χ0) is 8.69. The Bertz CT molecular complexity index is 112. The van der Waals surface area contributed by atoms with E-state index in [2.05, 4.69) is 18.8 Å². The second-order valence-corrected chi connectivity index (χ2v) is 3.21. The molecule has 2 nitrogen and oxygen atoms in total. The fourth-order valence-corrected chi connectivity index (χ4v) is 0.854. The zero-order valence-corrected chi connectivity index (χ0v) is 7.56. The van der Waals surface area contributed by atoms with E-state index in [9.17, 15) is 0 Å². The molecule has 0 saturated heterocycles. The summed E-state index contributed by atoms with van der Waals surface area (Å²) in [6.07, 6.45) is 0.878. The first kappa shape index (κ1) is 10.7. The molecule has 0 aromatic carbocycles. The first-order valence-corrected chi connectivity index (χ1v) is 4.12. The van der Waals surface area contributed by atoms with Crippen molar-refractivity contribution in [1.82, 2.24) is 5.32 Å². The van der Waals surface area contributed by atoms with Gasteiger partial charge in [0.05, 0.1) is 0 Å². The molecule has 2 N–H and O–H groups in total. The molecule has 0 aromatic rings. The van der Waals surface area contributed by atoms with Crippen LogP contribution in [0.5, 0.6) is 0 Å². The van der Waals surface area contributed by atoms with E-state index in [0.29, 0.717) is 5.92 Å². The van der Waals surface area contributed by atoms with E-state index in [4.69, 9.17) is 5.11 Å². The highest BCUT2D eigenvalue weighted by molar-refractivity contribution is 4.90. The van der Waals surface area contributed by atoms with Crippen LogP contribution >= 0.6 is 0 Å². The average molecular weight is 157 g/mol. The highest BCUT2D eigenvalue weighted by Gasteiger charge is 1.98. The molecule has 0 radical (unpaired) electrons. The Hall–Kier alpha value is -0.340. The molecule has 0 fully saturated rings. The third-order valence-corrected chi connectivity index (χ3v) is 1.54. The van der Waals surface area contributed by atoms with Gasteiger partial charge in [-0.1, -0.05) is 19.1 Å². The van der Waals surface area contributed by atoms with Crippen LogP contribution in [-0.4, -0.2) is 24.8 Å². The maximum absolute atomic E-state index is 8.60. The molecule has 0 spiro atoms. The summed E-state index contributed by atoms with van der Waals surface area (Å²) in [5, 5.41) is 11.9. The summed E-state index contributed by atoms with van der Waals surface area (Å²) >= 11 is 0. The number of aliphatic hydroxyl groups is 1. The SMILES string of the molecule is C=C(C)CNCC(C)CCO. The lowest BCUT2D eigenvalue weighted by Crippen LogP contribution is -2.23. The normalized spacial score (nSPS) is 13.0. The highest BCUT2D eigenvalue weighted by Crippen LogP contribution is 1.97. The summed E-state index contributed by atoms with van der Waals surface area (Å²) < 4.78 is 0. The Balaban J connectivity index is 3.16. The third-order valence-electron chi connectivity index (χ3n) is 1.54. The van der Waals surface area contributed by atoms with Crippen molar-refractivity contribution in [2.24, 2.45) is 5.92 Å². The monoisotopic (exact) mass is 157 g/mol. The summed E-state index contributed by atoms with van der Waals surface area (Å²) in [5.74, 6) is 0.555. The Kier molecular flexibility index (Phi) is 6.18. The van der Waals surface area contributed by atoms with Crippen LogP contribution in [0.3, 0.4) is 0 Å². The fraction of sp³-hybridized carbons (Fsp3) is 0.778. The standard InChI is InChI=1S/C9H19NO/c1-8(2)6-10-7-9(3)4-5-11/h9-11H,1,4-7H2,2-3H3. The van der Waals surface area contributed by atoms with Crippen molar-refractivity contribution in [2.75, 3.05) is 19.7 Å². The van der Waals surface area contributed by atoms with Gasteiger partial charge in [-0.3, -0.25) is 0 Å². The van der Waals surface area contributed by atoms with Crippen LogP contribution in [-0.2, 0) is 0 Å². The van der Waals surface area contributed by atoms with Crippen molar-refractivity contribution in [3.05, 3.63) is 12.2 Å². The predicted octanol–water partition coefficient (Wildman–Crippen LogP) is 1.17. The van der Waals surface area contributed by atoms with Gasteiger partial charge < -0.3 is 10.4 Å². The van der Waals surface area contributed by atoms with Gasteiger partial charge in [0.1, 0.15) is 0 Å². The minimum absolute atomic E-state index is 0.288. The quantitative estimate of drug-likeness (QED) is 0.567. The maximum atomic E-state index is 8.60. The van der Waals surface area contributed by atoms with E-state index in [0.717, 1.165) is 25.1 Å². The Morgan fingerprint density at radius 1 is 1.64 bits per heavy atom. The summed E-state index contributed by atoms with van der Waals surface area (Å²) in [6.45, 7) is 10.1. The second kappa shape index (κ2) is 6.38. The van der Waals surface area contributed by atoms with Crippen LogP contribution in [0.2, 0.25) is 0 Å². The van der Waals surface area contributed by atoms with Crippen LogP contribution in [0.15, 0.2) is 12.2 Å². The molecule has 1 unspecified atom stereocenters. The second-order valence-electron chi connectivity index (χ2n) is 3.21. The van der Waals surface area contributed by atoms with Gasteiger partial charge in [-0.05, 0) is 25.8 Å². The van der Waals surface area contributed by atoms with Gasteiger partial charge in [-0.25, -0.2) is 0 Å². The van der Waals surface area contributed by atoms with Gasteiger partial charge in [0, 0.05) is 13.2 Å². The third kappa shape index (κ3) is 7.56. The average Bonchev–Trinajstić information content (AvgIpc) is 1.87. The molecule has 11 heavy (non-hydrogen) atoms. The Morgan fingerprint density at radius 3 is 2.73 bits per heavy atom. The molecule has 0 aliphatic rings. The number of hydrogen-bond donors (Lipinski definition) is 2. The Morgan fingerprint density at radius 2 is 2.27 bits per heavy atom. The molecule has 0 heterocycles. The molecule has 0 amide bonds. The van der Waals surface area contributed by atoms with Gasteiger partial charge in [-0.15, -0.1) is 0 Å². The van der Waals surface area contributed by atoms with E-state index < -0.39 is 0 Å². The summed E-state index contributed by atoms with van der Waals surface area (Å²) in [7, 11) is 0. The minimum atomic E-state index is 0.288. The lowest BCUT2D eigenvalue weighted by Gasteiger charge is -2.10. The lowest BCUT2D eigenvalue weighted by molar-refractivity contribution is 0.261. The number of rotatable bonds is 6. The topological polar surface area (TPSA) is 32.3 Å². The summed E-state index contributed by atoms with van der Waals surface area (Å²) in [4.78, 5) is 0. The molecule has 0 aliphatic heterocycles. The molecular weight excluding hydrogens is 138 g/mol. The zero-order valence-electron chi connectivity index (χ0n) is 7.56. The molecular formula is C9H19NO. The minimum Gasteiger partial charge on any atom is -0.396 e. The molecule has 0 aromatic heterocycles. The van der Waals surface area contributed by atoms with E-state index in [1.54, 1.807) is 0 Å². The van der Waals surface area contributed by atoms with Gasteiger partial charge >= 0.3 is 0 Å². The van der Waals surface area contributed by atoms with Gasteiger partial charge in [-0.2, -0.15) is 0 Å². The number of nitrogens with one attached hydrogen (secondary N) is 1. The molecule has 2 heteroatoms. The summed E-state index contributed by atoms with van der Waals surface area (Å²) in [5.41, 5.74) is 1.15. The van der Waals surface area contributed by atoms with Crippen molar-refractivity contribution in [3.63, 3.8) is 0 Å². The van der Waals surface area contributed by atoms with Gasteiger partial charge in [0.15, 0.2) is 0 Å². The van der Waals surface area contributed by atoms with Crippen LogP contribution in [0, 0.1) is 5.92 Å². The van der Waals surface area contributed by atoms with Crippen molar-refractivity contribution in [3.8, 4) is 0 Å². The largest absolute Gasteiger partial charge is 0.396 e. The van der Waals surface area contributed by atoms with Crippen LogP contribution < -0.4 is 5.32 Å². The van der Waals surface area contributed by atoms with Crippen LogP contribution in [0.25, 0.3) is 0 Å². The number of aliphatic hydroxyl groups excluding tert-OH is 1. The van der Waals surface area contributed by atoms with Crippen LogP contribution in [0.4, 0.5) is 0 Å². The summed E-state index contributed by atoms with van der Waals surface area (Å²) in [6, 6.07) is 0. The first-order chi connectivity index (χ1) is 5.16.